The van der Waals surface area contributed by atoms with Crippen LogP contribution in [0.1, 0.15) is 32.1 Å². The lowest BCUT2D eigenvalue weighted by atomic mass is 10.1. The lowest BCUT2D eigenvalue weighted by molar-refractivity contribution is -0.106. The summed E-state index contributed by atoms with van der Waals surface area (Å²) in [7, 11) is 1.74. The van der Waals surface area contributed by atoms with Gasteiger partial charge in [-0.2, -0.15) is 4.99 Å². The average Bonchev–Trinajstić information content (AvgIpc) is 2.98. The van der Waals surface area contributed by atoms with Gasteiger partial charge in [0.1, 0.15) is 18.2 Å². The van der Waals surface area contributed by atoms with E-state index in [-0.39, 0.29) is 12.4 Å². The fourth-order valence-electron chi connectivity index (χ4n) is 2.31. The van der Waals surface area contributed by atoms with Crippen LogP contribution in [0.5, 0.6) is 0 Å². The van der Waals surface area contributed by atoms with E-state index in [1.54, 1.807) is 18.1 Å². The van der Waals surface area contributed by atoms with Crippen molar-refractivity contribution in [2.45, 2.75) is 50.5 Å². The van der Waals surface area contributed by atoms with E-state index < -0.39 is 18.4 Å². The largest absolute Gasteiger partial charge is 0.394 e. The molecule has 1 rings (SSSR count). The number of aliphatic hydroxyl groups is 2. The number of nitrogens with two attached hydrogens (primary N) is 1. The highest BCUT2D eigenvalue weighted by Crippen LogP contribution is 2.22. The van der Waals surface area contributed by atoms with Gasteiger partial charge in [0.15, 0.2) is 0 Å². The van der Waals surface area contributed by atoms with E-state index in [1.165, 1.54) is 0 Å². The summed E-state index contributed by atoms with van der Waals surface area (Å²) in [5, 5.41) is 19.0. The second kappa shape index (κ2) is 11.3. The van der Waals surface area contributed by atoms with E-state index >= 15 is 0 Å². The summed E-state index contributed by atoms with van der Waals surface area (Å²) in [5.74, 6) is 8.48. The molecule has 7 nitrogen and oxygen atoms in total. The molecule has 1 aliphatic rings. The molecule has 0 saturated carbocycles. The van der Waals surface area contributed by atoms with E-state index in [1.807, 2.05) is 0 Å². The van der Waals surface area contributed by atoms with Gasteiger partial charge in [-0.15, -0.1) is 12.3 Å². The second-order valence-electron chi connectivity index (χ2n) is 5.66. The highest BCUT2D eigenvalue weighted by molar-refractivity contribution is 6.03. The number of hydrogen-bond acceptors (Lipinski definition) is 5. The third kappa shape index (κ3) is 6.98. The molecule has 1 aliphatic heterocycles. The van der Waals surface area contributed by atoms with E-state index in [2.05, 4.69) is 22.8 Å². The molecule has 0 spiro atoms. The molecule has 0 radical (unpaired) electrons. The summed E-state index contributed by atoms with van der Waals surface area (Å²) < 4.78 is 5.56. The zero-order chi connectivity index (χ0) is 18.7. The minimum absolute atomic E-state index is 0.00947. The van der Waals surface area contributed by atoms with Gasteiger partial charge in [-0.25, -0.2) is 0 Å². The predicted octanol–water partition coefficient (Wildman–Crippen LogP) is -0.0191. The first-order chi connectivity index (χ1) is 12.0. The van der Waals surface area contributed by atoms with Gasteiger partial charge in [-0.3, -0.25) is 4.79 Å². The van der Waals surface area contributed by atoms with Crippen molar-refractivity contribution in [1.29, 1.82) is 0 Å². The summed E-state index contributed by atoms with van der Waals surface area (Å²) in [5.41, 5.74) is 6.17. The summed E-state index contributed by atoms with van der Waals surface area (Å²) in [4.78, 5) is 15.8. The Labute approximate surface area is 148 Å². The van der Waals surface area contributed by atoms with E-state index in [0.717, 1.165) is 19.3 Å². The molecule has 4 N–H and O–H groups in total. The lowest BCUT2D eigenvalue weighted by Crippen LogP contribution is -2.29. The molecule has 0 aliphatic carbocycles. The van der Waals surface area contributed by atoms with E-state index in [4.69, 9.17) is 22.0 Å². The van der Waals surface area contributed by atoms with Gasteiger partial charge < -0.3 is 25.6 Å². The van der Waals surface area contributed by atoms with Crippen LogP contribution in [0.4, 0.5) is 0 Å². The van der Waals surface area contributed by atoms with Crippen LogP contribution in [0.25, 0.3) is 0 Å². The van der Waals surface area contributed by atoms with Crippen molar-refractivity contribution in [3.63, 3.8) is 0 Å². The predicted molar refractivity (Wildman–Crippen MR) is 95.0 cm³/mol. The lowest BCUT2D eigenvalue weighted by Gasteiger charge is -2.22. The Bertz CT molecular complexity index is 598. The molecule has 0 aromatic carbocycles. The zero-order valence-corrected chi connectivity index (χ0v) is 14.4. The fourth-order valence-corrected chi connectivity index (χ4v) is 2.31. The highest BCUT2D eigenvalue weighted by Gasteiger charge is 2.35. The van der Waals surface area contributed by atoms with Gasteiger partial charge in [-0.1, -0.05) is 11.8 Å². The van der Waals surface area contributed by atoms with E-state index in [0.29, 0.717) is 24.8 Å². The normalized spacial score (nSPS) is 23.5. The zero-order valence-electron chi connectivity index (χ0n) is 14.4. The first-order valence-electron chi connectivity index (χ1n) is 8.11. The topological polar surface area (TPSA) is 108 Å². The summed E-state index contributed by atoms with van der Waals surface area (Å²) in [6, 6.07) is 0. The van der Waals surface area contributed by atoms with Gasteiger partial charge >= 0.3 is 0 Å². The molecule has 0 aromatic heterocycles. The molecule has 25 heavy (non-hydrogen) atoms. The Balaban J connectivity index is 2.80. The SMILES string of the molecule is C#CCCCCC#C/C(=C/N(C)C1C[C@@H](O)C(CO)O1)C(N)=NC=O. The van der Waals surface area contributed by atoms with Crippen LogP contribution < -0.4 is 5.73 Å². The van der Waals surface area contributed by atoms with Crippen molar-refractivity contribution in [2.75, 3.05) is 13.7 Å². The first kappa shape index (κ1) is 20.7. The van der Waals surface area contributed by atoms with Crippen molar-refractivity contribution in [2.24, 2.45) is 10.7 Å². The molecule has 7 heteroatoms. The van der Waals surface area contributed by atoms with Gasteiger partial charge in [0, 0.05) is 32.5 Å². The Morgan fingerprint density at radius 3 is 2.80 bits per heavy atom. The van der Waals surface area contributed by atoms with Crippen molar-refractivity contribution >= 4 is 12.2 Å². The number of rotatable bonds is 8. The molecule has 136 valence electrons. The number of terminal acetylenes is 1. The quantitative estimate of drug-likeness (QED) is 0.187. The molecule has 0 bridgehead atoms. The van der Waals surface area contributed by atoms with Gasteiger partial charge in [-0.05, 0) is 12.8 Å². The third-order valence-corrected chi connectivity index (χ3v) is 3.73. The summed E-state index contributed by atoms with van der Waals surface area (Å²) in [6.07, 6.45) is 8.88. The van der Waals surface area contributed by atoms with Crippen LogP contribution in [-0.4, -0.2) is 59.4 Å². The number of hydrogen-bond donors (Lipinski definition) is 3. The minimum atomic E-state index is -0.738. The molecule has 1 heterocycles. The maximum atomic E-state index is 10.6. The molecule has 2 unspecified atom stereocenters. The van der Waals surface area contributed by atoms with Gasteiger partial charge in [0.05, 0.1) is 18.3 Å². The molecule has 1 amide bonds. The van der Waals surface area contributed by atoms with Crippen LogP contribution in [0.15, 0.2) is 16.8 Å². The Hall–Kier alpha value is -2.32. The second-order valence-corrected chi connectivity index (χ2v) is 5.66. The van der Waals surface area contributed by atoms with Gasteiger partial charge in [0.25, 0.3) is 0 Å². The number of amides is 1. The number of unbranched alkanes of at least 4 members (excludes halogenated alkanes) is 3. The van der Waals surface area contributed by atoms with Crippen molar-refractivity contribution in [1.82, 2.24) is 4.90 Å². The smallest absolute Gasteiger partial charge is 0.234 e. The van der Waals surface area contributed by atoms with Crippen molar-refractivity contribution in [3.8, 4) is 24.2 Å². The van der Waals surface area contributed by atoms with Crippen LogP contribution in [0, 0.1) is 24.2 Å². The van der Waals surface area contributed by atoms with E-state index in [9.17, 15) is 9.90 Å². The number of aliphatic hydroxyl groups excluding tert-OH is 2. The average molecular weight is 347 g/mol. The number of carbonyl (C=O) groups excluding carboxylic acids is 1. The highest BCUT2D eigenvalue weighted by atomic mass is 16.5. The molecular weight excluding hydrogens is 322 g/mol. The van der Waals surface area contributed by atoms with Gasteiger partial charge in [0.2, 0.25) is 6.41 Å². The Morgan fingerprint density at radius 1 is 1.48 bits per heavy atom. The van der Waals surface area contributed by atoms with Crippen LogP contribution in [0.2, 0.25) is 0 Å². The molecular formula is C18H25N3O4. The molecule has 1 saturated heterocycles. The number of aliphatic imine (C=N–C) groups is 1. The maximum Gasteiger partial charge on any atom is 0.234 e. The summed E-state index contributed by atoms with van der Waals surface area (Å²) in [6.45, 7) is -0.256. The Morgan fingerprint density at radius 2 is 2.20 bits per heavy atom. The Kier molecular flexibility index (Phi) is 9.34. The number of amidine groups is 1. The monoisotopic (exact) mass is 347 g/mol. The van der Waals surface area contributed by atoms with Crippen molar-refractivity contribution < 1.29 is 19.7 Å². The van der Waals surface area contributed by atoms with Crippen LogP contribution in [-0.2, 0) is 9.53 Å². The van der Waals surface area contributed by atoms with Crippen molar-refractivity contribution in [3.05, 3.63) is 11.8 Å². The summed E-state index contributed by atoms with van der Waals surface area (Å²) >= 11 is 0. The minimum Gasteiger partial charge on any atom is -0.394 e. The third-order valence-electron chi connectivity index (χ3n) is 3.73. The number of ether oxygens (including phenoxy) is 1. The molecule has 1 fully saturated rings. The number of carbonyl (C=O) groups is 1. The van der Waals surface area contributed by atoms with Crippen LogP contribution >= 0.6 is 0 Å². The molecule has 3 atom stereocenters. The maximum absolute atomic E-state index is 10.6. The first-order valence-corrected chi connectivity index (χ1v) is 8.11. The fraction of sp³-hybridized carbons (Fsp3) is 0.556. The van der Waals surface area contributed by atoms with Crippen LogP contribution in [0.3, 0.4) is 0 Å². The standard InChI is InChI=1S/C18H25N3O4/c1-3-4-5-6-7-8-9-14(18(19)20-13-23)11-21(2)17-10-15(24)16(12-22)25-17/h1,11,13,15-17,22,24H,4-7,10,12H2,2H3,(H2,19,20,23)/b14-11-/t15-,16?,17?/m1/s1. The molecule has 0 aromatic rings. The number of nitrogens with zero attached hydrogens (tertiary/aromatic N) is 2.